The maximum atomic E-state index is 6.32. The van der Waals surface area contributed by atoms with Gasteiger partial charge in [0.15, 0.2) is 0 Å². The third-order valence-corrected chi connectivity index (χ3v) is 5.56. The molecule has 3 rings (SSSR count). The van der Waals surface area contributed by atoms with Crippen LogP contribution in [-0.4, -0.2) is 37.6 Å². The highest BCUT2D eigenvalue weighted by molar-refractivity contribution is 6.33. The Hall–Kier alpha value is -0.990. The summed E-state index contributed by atoms with van der Waals surface area (Å²) >= 11 is 6.32. The number of anilines is 1. The van der Waals surface area contributed by atoms with Gasteiger partial charge in [0, 0.05) is 32.7 Å². The van der Waals surface area contributed by atoms with E-state index in [-0.39, 0.29) is 0 Å². The average Bonchev–Trinajstić information content (AvgIpc) is 3.08. The largest absolute Gasteiger partial charge is 0.368 e. The van der Waals surface area contributed by atoms with Crippen molar-refractivity contribution in [1.82, 2.24) is 4.90 Å². The average molecular weight is 319 g/mol. The van der Waals surface area contributed by atoms with Gasteiger partial charge in [0.2, 0.25) is 0 Å². The zero-order valence-corrected chi connectivity index (χ0v) is 14.3. The van der Waals surface area contributed by atoms with Crippen LogP contribution in [0.4, 0.5) is 5.69 Å². The van der Waals surface area contributed by atoms with Gasteiger partial charge in [-0.1, -0.05) is 49.2 Å². The third kappa shape index (κ3) is 3.67. The highest BCUT2D eigenvalue weighted by Gasteiger charge is 2.25. The first-order valence-electron chi connectivity index (χ1n) is 8.66. The first kappa shape index (κ1) is 15.9. The Morgan fingerprint density at radius 3 is 2.59 bits per heavy atom. The maximum Gasteiger partial charge on any atom is 0.0639 e. The van der Waals surface area contributed by atoms with Crippen molar-refractivity contribution in [2.75, 3.05) is 37.6 Å². The van der Waals surface area contributed by atoms with Gasteiger partial charge in [0.1, 0.15) is 0 Å². The Bertz CT molecular complexity index is 506. The van der Waals surface area contributed by atoms with E-state index in [1.807, 2.05) is 12.1 Å². The number of nitrogens with zero attached hydrogens (tertiary/aromatic N) is 2. The van der Waals surface area contributed by atoms with E-state index in [1.54, 1.807) is 0 Å². The molecule has 1 saturated heterocycles. The van der Waals surface area contributed by atoms with Crippen molar-refractivity contribution in [3.63, 3.8) is 0 Å². The Labute approximate surface area is 139 Å². The molecule has 1 aliphatic carbocycles. The van der Waals surface area contributed by atoms with Crippen molar-refractivity contribution in [1.29, 1.82) is 0 Å². The topological polar surface area (TPSA) is 6.48 Å². The molecule has 120 valence electrons. The Kier molecular flexibility index (Phi) is 5.43. The quantitative estimate of drug-likeness (QED) is 0.740. The van der Waals surface area contributed by atoms with E-state index >= 15 is 0 Å². The maximum absolute atomic E-state index is 6.32. The van der Waals surface area contributed by atoms with E-state index in [2.05, 4.69) is 41.0 Å². The SMILES string of the molecule is CCC(CN1CCN(c2ccccc2Cl)CC1)C1C=CCC1. The summed E-state index contributed by atoms with van der Waals surface area (Å²) in [6.07, 6.45) is 8.75. The molecule has 2 aliphatic rings. The van der Waals surface area contributed by atoms with Crippen LogP contribution in [0.3, 0.4) is 0 Å². The Morgan fingerprint density at radius 1 is 1.18 bits per heavy atom. The number of piperazine rings is 1. The monoisotopic (exact) mass is 318 g/mol. The van der Waals surface area contributed by atoms with E-state index in [1.165, 1.54) is 31.5 Å². The van der Waals surface area contributed by atoms with Gasteiger partial charge < -0.3 is 4.90 Å². The van der Waals surface area contributed by atoms with Crippen molar-refractivity contribution in [3.05, 3.63) is 41.4 Å². The molecule has 2 unspecified atom stereocenters. The molecule has 3 heteroatoms. The normalized spacial score (nSPS) is 23.9. The van der Waals surface area contributed by atoms with Crippen LogP contribution in [0.15, 0.2) is 36.4 Å². The number of halogens is 1. The first-order chi connectivity index (χ1) is 10.8. The lowest BCUT2D eigenvalue weighted by molar-refractivity contribution is 0.191. The van der Waals surface area contributed by atoms with Gasteiger partial charge in [-0.15, -0.1) is 0 Å². The van der Waals surface area contributed by atoms with Crippen LogP contribution in [-0.2, 0) is 0 Å². The van der Waals surface area contributed by atoms with Crippen molar-refractivity contribution >= 4 is 17.3 Å². The summed E-state index contributed by atoms with van der Waals surface area (Å²) in [4.78, 5) is 5.07. The van der Waals surface area contributed by atoms with E-state index in [0.717, 1.165) is 43.0 Å². The second kappa shape index (κ2) is 7.52. The van der Waals surface area contributed by atoms with Crippen molar-refractivity contribution < 1.29 is 0 Å². The number of benzene rings is 1. The molecule has 1 aromatic rings. The molecule has 0 amide bonds. The minimum Gasteiger partial charge on any atom is -0.368 e. The second-order valence-corrected chi connectivity index (χ2v) is 6.98. The van der Waals surface area contributed by atoms with Gasteiger partial charge in [-0.2, -0.15) is 0 Å². The van der Waals surface area contributed by atoms with Gasteiger partial charge in [-0.3, -0.25) is 4.90 Å². The molecule has 0 aromatic heterocycles. The summed E-state index contributed by atoms with van der Waals surface area (Å²) in [5.41, 5.74) is 1.19. The molecule has 0 spiro atoms. The molecule has 1 aliphatic heterocycles. The molecule has 1 heterocycles. The number of hydrogen-bond donors (Lipinski definition) is 0. The summed E-state index contributed by atoms with van der Waals surface area (Å²) in [7, 11) is 0. The summed E-state index contributed by atoms with van der Waals surface area (Å²) in [6, 6.07) is 8.20. The van der Waals surface area contributed by atoms with Gasteiger partial charge in [0.25, 0.3) is 0 Å². The zero-order valence-electron chi connectivity index (χ0n) is 13.5. The molecule has 2 nitrogen and oxygen atoms in total. The molecule has 2 atom stereocenters. The van der Waals surface area contributed by atoms with Crippen LogP contribution in [0.25, 0.3) is 0 Å². The summed E-state index contributed by atoms with van der Waals surface area (Å²) in [5, 5.41) is 0.874. The third-order valence-electron chi connectivity index (χ3n) is 5.24. The highest BCUT2D eigenvalue weighted by atomic mass is 35.5. The molecular formula is C19H27ClN2. The molecule has 1 aromatic carbocycles. The second-order valence-electron chi connectivity index (χ2n) is 6.58. The minimum atomic E-state index is 0.812. The highest BCUT2D eigenvalue weighted by Crippen LogP contribution is 2.29. The number of para-hydroxylation sites is 1. The molecule has 0 bridgehead atoms. The zero-order chi connectivity index (χ0) is 15.4. The fraction of sp³-hybridized carbons (Fsp3) is 0.579. The molecular weight excluding hydrogens is 292 g/mol. The Balaban J connectivity index is 1.53. The van der Waals surface area contributed by atoms with E-state index < -0.39 is 0 Å². The van der Waals surface area contributed by atoms with Crippen LogP contribution in [0.2, 0.25) is 5.02 Å². The lowest BCUT2D eigenvalue weighted by Gasteiger charge is -2.38. The van der Waals surface area contributed by atoms with Crippen LogP contribution >= 0.6 is 11.6 Å². The van der Waals surface area contributed by atoms with E-state index in [4.69, 9.17) is 11.6 Å². The Morgan fingerprint density at radius 2 is 1.95 bits per heavy atom. The van der Waals surface area contributed by atoms with Crippen LogP contribution in [0, 0.1) is 11.8 Å². The standard InChI is InChI=1S/C19H27ClN2/c1-2-16(17-7-3-4-8-17)15-21-11-13-22(14-12-21)19-10-6-5-9-18(19)20/h3,5-7,9-10,16-17H,2,4,8,11-15H2,1H3. The summed E-state index contributed by atoms with van der Waals surface area (Å²) in [5.74, 6) is 1.64. The molecule has 22 heavy (non-hydrogen) atoms. The predicted octanol–water partition coefficient (Wildman–Crippen LogP) is 4.45. The van der Waals surface area contributed by atoms with Crippen molar-refractivity contribution in [3.8, 4) is 0 Å². The minimum absolute atomic E-state index is 0.812. The predicted molar refractivity (Wildman–Crippen MR) is 95.8 cm³/mol. The fourth-order valence-electron chi connectivity index (χ4n) is 3.83. The number of allylic oxidation sites excluding steroid dienone is 2. The van der Waals surface area contributed by atoms with E-state index in [0.29, 0.717) is 0 Å². The van der Waals surface area contributed by atoms with Gasteiger partial charge in [-0.05, 0) is 36.8 Å². The van der Waals surface area contributed by atoms with Gasteiger partial charge >= 0.3 is 0 Å². The number of rotatable bonds is 5. The van der Waals surface area contributed by atoms with Gasteiger partial charge in [-0.25, -0.2) is 0 Å². The lowest BCUT2D eigenvalue weighted by atomic mass is 9.89. The van der Waals surface area contributed by atoms with Crippen LogP contribution < -0.4 is 4.90 Å². The summed E-state index contributed by atoms with van der Waals surface area (Å²) in [6.45, 7) is 8.07. The first-order valence-corrected chi connectivity index (χ1v) is 9.04. The van der Waals surface area contributed by atoms with Crippen molar-refractivity contribution in [2.45, 2.75) is 26.2 Å². The fourth-order valence-corrected chi connectivity index (χ4v) is 4.08. The molecule has 0 radical (unpaired) electrons. The molecule has 1 fully saturated rings. The summed E-state index contributed by atoms with van der Waals surface area (Å²) < 4.78 is 0. The van der Waals surface area contributed by atoms with Crippen molar-refractivity contribution in [2.24, 2.45) is 11.8 Å². The van der Waals surface area contributed by atoms with E-state index in [9.17, 15) is 0 Å². The molecule has 0 saturated carbocycles. The number of hydrogen-bond acceptors (Lipinski definition) is 2. The lowest BCUT2D eigenvalue weighted by Crippen LogP contribution is -2.48. The van der Waals surface area contributed by atoms with Gasteiger partial charge in [0.05, 0.1) is 10.7 Å². The molecule has 0 N–H and O–H groups in total. The van der Waals surface area contributed by atoms with Crippen LogP contribution in [0.5, 0.6) is 0 Å². The van der Waals surface area contributed by atoms with Crippen LogP contribution in [0.1, 0.15) is 26.2 Å². The smallest absolute Gasteiger partial charge is 0.0639 e.